The molecule has 3 rings (SSSR count). The molecule has 20 heavy (non-hydrogen) atoms. The third kappa shape index (κ3) is 2.81. The summed E-state index contributed by atoms with van der Waals surface area (Å²) in [5.41, 5.74) is 7.41. The summed E-state index contributed by atoms with van der Waals surface area (Å²) in [5.74, 6) is 1.70. The monoisotopic (exact) mass is 337 g/mol. The van der Waals surface area contributed by atoms with Gasteiger partial charge >= 0.3 is 0 Å². The van der Waals surface area contributed by atoms with E-state index in [4.69, 9.17) is 5.73 Å². The average Bonchev–Trinajstić information content (AvgIpc) is 3.07. The van der Waals surface area contributed by atoms with Crippen LogP contribution in [0.3, 0.4) is 0 Å². The topological polar surface area (TPSA) is 68.2 Å². The molecule has 2 heterocycles. The van der Waals surface area contributed by atoms with Crippen LogP contribution in [-0.4, -0.2) is 27.7 Å². The highest BCUT2D eigenvalue weighted by Gasteiger charge is 2.15. The van der Waals surface area contributed by atoms with Gasteiger partial charge in [-0.3, -0.25) is 0 Å². The molecule has 0 radical (unpaired) electrons. The predicted octanol–water partition coefficient (Wildman–Crippen LogP) is 2.60. The van der Waals surface area contributed by atoms with Crippen molar-refractivity contribution in [3.63, 3.8) is 0 Å². The second-order valence-corrected chi connectivity index (χ2v) is 6.16. The second-order valence-electron chi connectivity index (χ2n) is 5.41. The number of nitrogens with two attached hydrogens (primary N) is 1. The third-order valence-corrected chi connectivity index (χ3v) is 4.71. The summed E-state index contributed by atoms with van der Waals surface area (Å²) in [7, 11) is 0. The third-order valence-electron chi connectivity index (χ3n) is 3.92. The summed E-state index contributed by atoms with van der Waals surface area (Å²) < 4.78 is 2.74. The number of nitrogens with zero attached hydrogens (tertiary/aromatic N) is 3. The zero-order valence-corrected chi connectivity index (χ0v) is 13.1. The molecule has 2 aromatic rings. The van der Waals surface area contributed by atoms with Crippen LogP contribution in [0, 0.1) is 5.92 Å². The molecule has 0 amide bonds. The van der Waals surface area contributed by atoms with E-state index in [1.165, 1.54) is 25.7 Å². The molecule has 0 bridgehead atoms. The molecule has 0 aromatic carbocycles. The van der Waals surface area contributed by atoms with E-state index in [1.807, 2.05) is 16.6 Å². The molecule has 0 aliphatic heterocycles. The van der Waals surface area contributed by atoms with E-state index < -0.39 is 0 Å². The molecule has 0 atom stereocenters. The standard InChI is InChI=1S/C14H20BrN5/c15-14-11(7-8-16)18-13-6-5-12(19-20(13)14)17-9-10-3-1-2-4-10/h5-6,10H,1-4,7-9,16H2,(H,17,19). The molecule has 0 unspecified atom stereocenters. The molecule has 108 valence electrons. The number of nitrogens with one attached hydrogen (secondary N) is 1. The van der Waals surface area contributed by atoms with Crippen LogP contribution in [0.1, 0.15) is 31.4 Å². The fourth-order valence-corrected chi connectivity index (χ4v) is 3.35. The lowest BCUT2D eigenvalue weighted by molar-refractivity contribution is 0.578. The van der Waals surface area contributed by atoms with E-state index in [2.05, 4.69) is 31.3 Å². The van der Waals surface area contributed by atoms with Gasteiger partial charge in [0.05, 0.1) is 5.69 Å². The summed E-state index contributed by atoms with van der Waals surface area (Å²) >= 11 is 3.56. The molecule has 1 fully saturated rings. The quantitative estimate of drug-likeness (QED) is 0.879. The molecule has 3 N–H and O–H groups in total. The molecule has 1 aliphatic rings. The van der Waals surface area contributed by atoms with Crippen molar-refractivity contribution in [1.29, 1.82) is 0 Å². The minimum Gasteiger partial charge on any atom is -0.368 e. The fourth-order valence-electron chi connectivity index (χ4n) is 2.81. The Morgan fingerprint density at radius 2 is 2.15 bits per heavy atom. The van der Waals surface area contributed by atoms with E-state index in [1.54, 1.807) is 0 Å². The fraction of sp³-hybridized carbons (Fsp3) is 0.571. The first-order valence-electron chi connectivity index (χ1n) is 7.26. The highest BCUT2D eigenvalue weighted by molar-refractivity contribution is 9.10. The van der Waals surface area contributed by atoms with Crippen molar-refractivity contribution in [3.8, 4) is 0 Å². The Bertz CT molecular complexity index is 589. The van der Waals surface area contributed by atoms with Crippen molar-refractivity contribution in [2.24, 2.45) is 11.7 Å². The first-order chi connectivity index (χ1) is 9.78. The van der Waals surface area contributed by atoms with E-state index in [9.17, 15) is 0 Å². The van der Waals surface area contributed by atoms with Gasteiger partial charge in [-0.1, -0.05) is 12.8 Å². The minimum absolute atomic E-state index is 0.593. The van der Waals surface area contributed by atoms with Crippen molar-refractivity contribution in [1.82, 2.24) is 14.6 Å². The Morgan fingerprint density at radius 3 is 2.90 bits per heavy atom. The van der Waals surface area contributed by atoms with Crippen LogP contribution in [-0.2, 0) is 6.42 Å². The summed E-state index contributed by atoms with van der Waals surface area (Å²) in [6.45, 7) is 1.61. The number of halogens is 1. The van der Waals surface area contributed by atoms with Gasteiger partial charge in [-0.15, -0.1) is 5.10 Å². The van der Waals surface area contributed by atoms with E-state index >= 15 is 0 Å². The Kier molecular flexibility index (Phi) is 4.21. The first-order valence-corrected chi connectivity index (χ1v) is 8.05. The van der Waals surface area contributed by atoms with Crippen molar-refractivity contribution in [2.75, 3.05) is 18.4 Å². The van der Waals surface area contributed by atoms with Gasteiger partial charge in [0.15, 0.2) is 5.65 Å². The summed E-state index contributed by atoms with van der Waals surface area (Å²) in [4.78, 5) is 4.53. The molecule has 1 aliphatic carbocycles. The van der Waals surface area contributed by atoms with E-state index in [-0.39, 0.29) is 0 Å². The Labute approximate surface area is 127 Å². The lowest BCUT2D eigenvalue weighted by atomic mass is 10.1. The lowest BCUT2D eigenvalue weighted by Gasteiger charge is -2.11. The summed E-state index contributed by atoms with van der Waals surface area (Å²) in [6, 6.07) is 3.99. The molecular weight excluding hydrogens is 318 g/mol. The Morgan fingerprint density at radius 1 is 1.35 bits per heavy atom. The maximum Gasteiger partial charge on any atom is 0.155 e. The van der Waals surface area contributed by atoms with Gasteiger partial charge in [0.2, 0.25) is 0 Å². The normalized spacial score (nSPS) is 16.1. The number of rotatable bonds is 5. The van der Waals surface area contributed by atoms with E-state index in [0.717, 1.165) is 40.6 Å². The van der Waals surface area contributed by atoms with Gasteiger partial charge in [0.1, 0.15) is 10.4 Å². The zero-order chi connectivity index (χ0) is 13.9. The van der Waals surface area contributed by atoms with Crippen LogP contribution < -0.4 is 11.1 Å². The number of hydrogen-bond acceptors (Lipinski definition) is 4. The SMILES string of the molecule is NCCc1nc2ccc(NCC3CCCC3)nn2c1Br. The summed E-state index contributed by atoms with van der Waals surface area (Å²) in [5, 5.41) is 8.04. The number of hydrogen-bond donors (Lipinski definition) is 2. The maximum absolute atomic E-state index is 5.60. The highest BCUT2D eigenvalue weighted by Crippen LogP contribution is 2.25. The van der Waals surface area contributed by atoms with Gasteiger partial charge < -0.3 is 11.1 Å². The first kappa shape index (κ1) is 13.8. The van der Waals surface area contributed by atoms with Crippen LogP contribution in [0.25, 0.3) is 5.65 Å². The molecule has 0 spiro atoms. The highest BCUT2D eigenvalue weighted by atomic mass is 79.9. The summed E-state index contributed by atoms with van der Waals surface area (Å²) in [6.07, 6.45) is 6.17. The number of aromatic nitrogens is 3. The Balaban J connectivity index is 1.76. The molecule has 1 saturated carbocycles. The lowest BCUT2D eigenvalue weighted by Crippen LogP contribution is -2.12. The molecule has 0 saturated heterocycles. The van der Waals surface area contributed by atoms with Crippen molar-refractivity contribution in [2.45, 2.75) is 32.1 Å². The van der Waals surface area contributed by atoms with Crippen molar-refractivity contribution < 1.29 is 0 Å². The number of imidazole rings is 1. The van der Waals surface area contributed by atoms with Gasteiger partial charge in [-0.25, -0.2) is 9.50 Å². The van der Waals surface area contributed by atoms with Crippen LogP contribution in [0.15, 0.2) is 16.7 Å². The Hall–Kier alpha value is -1.14. The maximum atomic E-state index is 5.60. The second kappa shape index (κ2) is 6.10. The average molecular weight is 338 g/mol. The number of anilines is 1. The predicted molar refractivity (Wildman–Crippen MR) is 83.9 cm³/mol. The van der Waals surface area contributed by atoms with Crippen molar-refractivity contribution in [3.05, 3.63) is 22.4 Å². The molecule has 2 aromatic heterocycles. The van der Waals surface area contributed by atoms with Gasteiger partial charge in [0.25, 0.3) is 0 Å². The van der Waals surface area contributed by atoms with Gasteiger partial charge in [-0.05, 0) is 53.4 Å². The minimum atomic E-state index is 0.593. The molecule has 6 heteroatoms. The molecule has 5 nitrogen and oxygen atoms in total. The van der Waals surface area contributed by atoms with Gasteiger partial charge in [-0.2, -0.15) is 0 Å². The largest absolute Gasteiger partial charge is 0.368 e. The number of fused-ring (bicyclic) bond motifs is 1. The zero-order valence-electron chi connectivity index (χ0n) is 11.5. The van der Waals surface area contributed by atoms with Crippen LogP contribution in [0.4, 0.5) is 5.82 Å². The van der Waals surface area contributed by atoms with Crippen LogP contribution >= 0.6 is 15.9 Å². The van der Waals surface area contributed by atoms with Crippen molar-refractivity contribution >= 4 is 27.4 Å². The smallest absolute Gasteiger partial charge is 0.155 e. The van der Waals surface area contributed by atoms with Crippen LogP contribution in [0.2, 0.25) is 0 Å². The van der Waals surface area contributed by atoms with Gasteiger partial charge in [0, 0.05) is 13.0 Å². The van der Waals surface area contributed by atoms with E-state index in [0.29, 0.717) is 6.54 Å². The molecular formula is C14H20BrN5. The van der Waals surface area contributed by atoms with Crippen LogP contribution in [0.5, 0.6) is 0 Å².